The average Bonchev–Trinajstić information content (AvgIpc) is 0.714. The highest BCUT2D eigenvalue weighted by atomic mass is 127. The number of methoxy groups -OCH3 is 2. The maximum absolute atomic E-state index is 13.6. The predicted octanol–water partition coefficient (Wildman–Crippen LogP) is -1.44. The van der Waals surface area contributed by atoms with E-state index in [-0.39, 0.29) is 64.9 Å². The van der Waals surface area contributed by atoms with Crippen molar-refractivity contribution in [3.05, 3.63) is 236 Å². The lowest BCUT2D eigenvalue weighted by Crippen LogP contribution is -2.78. The summed E-state index contributed by atoms with van der Waals surface area (Å²) in [6.07, 6.45) is -4.85. The molecular formula is C72H52B19IN2O20. The molecule has 10 rings (SSSR count). The van der Waals surface area contributed by atoms with Gasteiger partial charge in [0.2, 0.25) is 11.6 Å². The molecule has 4 aromatic carbocycles. The van der Waals surface area contributed by atoms with E-state index in [0.717, 1.165) is 3.57 Å². The number of ether oxygens (including phenoxy) is 2. The molecule has 0 bridgehead atoms. The van der Waals surface area contributed by atoms with E-state index in [0.29, 0.717) is 63.9 Å². The van der Waals surface area contributed by atoms with Crippen LogP contribution >= 0.6 is 22.6 Å². The standard InChI is InChI=1S/C27H23NO9.C19H16INO7.C18H4.C8H9BO4.B18/c1-37-19-5-2-11(10-29)6-15(19)14-3-4-17(30)21-16(14)8-12-7-13-9-18(31)22(26(28)35)25(34)27(13,36)24(33)20(12)23(21)32;20-9-1-2-10(22)13-8(9)4-6-3-7-5-11(23)14(18(21)27)17(26)19(7,28)16(25)12(6)15(13)24;1-3-5-7-9-11-13-15-17-18-16-14-12-10-8-6-4-2;1-13-8-3-2-6(5-10)4-7(8)9(11)12;1-11(2)16(12(3)4)18(15(9)10)17(13(5)6)14(7)8/h2-6,10,12-13,30,32,34,36H,7-9H2,1H3,(H2,28,35);1-2,6-7,22,24,26,28H,3-5H2,(H2,21,27);1-2H2;2-5,11-12H,1H3;/t12-,13+,27+;6-,7+,19+;;;/m11.../s1. The van der Waals surface area contributed by atoms with E-state index < -0.39 is 169 Å². The zero-order chi connectivity index (χ0) is 85.1. The SMILES string of the molecule is C=C=C=C=C=C=C=C=C=C=C=C=C=C=C=C=C=C.COc1ccc(C=O)cc1-c1ccc(O)c2c1C[C@H]1C[C@H]3CC(=O)C(C(N)=O)=C(O)[C@@]3(O)C(=O)C1=C2O.COc1ccc(C=O)cc1B(O)O.NC(=O)C1=C(O)[C@@]2(O)C(=O)C3=C(O)c4c(O)ccc(I)c4C[C@H]3C[C@H]2CC1=O.[B]B([B])B(B([B])[B])B(B([B])[B])B(B([B])[B])B([B])[B]. The first kappa shape index (κ1) is 92.1. The summed E-state index contributed by atoms with van der Waals surface area (Å²) in [6.45, 7) is 6.59. The third kappa shape index (κ3) is 20.2. The van der Waals surface area contributed by atoms with Gasteiger partial charge in [0.25, 0.3) is 11.8 Å². The lowest BCUT2D eigenvalue weighted by Gasteiger charge is -2.46. The first-order valence-electron chi connectivity index (χ1n) is 33.9. The van der Waals surface area contributed by atoms with Gasteiger partial charge in [-0.05, 0) is 225 Å². The van der Waals surface area contributed by atoms with Gasteiger partial charge in [0.05, 0.1) is 25.3 Å². The van der Waals surface area contributed by atoms with E-state index in [2.05, 4.69) is 127 Å². The summed E-state index contributed by atoms with van der Waals surface area (Å²) in [6, 6.07) is 15.2. The molecule has 0 aromatic heterocycles. The second-order valence-electron chi connectivity index (χ2n) is 26.0. The molecular weight excluding hydrogens is 1550 g/mol. The van der Waals surface area contributed by atoms with Gasteiger partial charge in [-0.3, -0.25) is 38.4 Å². The fourth-order valence-electron chi connectivity index (χ4n) is 14.3. The van der Waals surface area contributed by atoms with Gasteiger partial charge >= 0.3 is 7.12 Å². The van der Waals surface area contributed by atoms with Crippen molar-refractivity contribution in [3.8, 4) is 34.1 Å². The van der Waals surface area contributed by atoms with Crippen molar-refractivity contribution in [2.75, 3.05) is 14.2 Å². The number of aliphatic hydroxyl groups excluding tert-OH is 4. The number of rotatable bonds is 15. The van der Waals surface area contributed by atoms with Crippen molar-refractivity contribution in [1.82, 2.24) is 0 Å². The van der Waals surface area contributed by atoms with Crippen LogP contribution in [-0.2, 0) is 41.6 Å². The maximum Gasteiger partial charge on any atom is 0.492 e. The van der Waals surface area contributed by atoms with Crippen molar-refractivity contribution in [3.63, 3.8) is 0 Å². The Labute approximate surface area is 686 Å². The van der Waals surface area contributed by atoms with Gasteiger partial charge in [-0.2, -0.15) is 0 Å². The summed E-state index contributed by atoms with van der Waals surface area (Å²) in [4.78, 5) is 96.7. The second-order valence-corrected chi connectivity index (χ2v) is 27.2. The highest BCUT2D eigenvalue weighted by Crippen LogP contribution is 2.55. The number of primary amides is 2. The molecule has 4 aromatic rings. The number of nitrogens with two attached hydrogens (primary N) is 2. The van der Waals surface area contributed by atoms with Crippen LogP contribution in [0.2, 0.25) is 0 Å². The third-order valence-corrected chi connectivity index (χ3v) is 20.3. The van der Waals surface area contributed by atoms with Crippen molar-refractivity contribution in [1.29, 1.82) is 0 Å². The predicted molar refractivity (Wildman–Crippen MR) is 452 cm³/mol. The molecule has 2 amide bonds. The minimum Gasteiger partial charge on any atom is -0.508 e. The van der Waals surface area contributed by atoms with E-state index in [9.17, 15) is 79.2 Å². The average molecular weight is 1600 g/mol. The molecule has 6 aliphatic carbocycles. The molecule has 0 unspecified atom stereocenters. The number of carbonyl (C=O) groups is 8. The second kappa shape index (κ2) is 40.8. The van der Waals surface area contributed by atoms with E-state index in [4.69, 9.17) is 108 Å². The number of benzene rings is 4. The van der Waals surface area contributed by atoms with Crippen LogP contribution in [0.4, 0.5) is 0 Å². The molecule has 534 valence electrons. The molecule has 2 fully saturated rings. The summed E-state index contributed by atoms with van der Waals surface area (Å²) in [5.41, 5.74) is 45.9. The normalized spacial score (nSPS) is 18.4. The third-order valence-electron chi connectivity index (χ3n) is 19.3. The Hall–Kier alpha value is -10.8. The molecule has 0 saturated heterocycles. The van der Waals surface area contributed by atoms with Crippen LogP contribution in [0.3, 0.4) is 0 Å². The quantitative estimate of drug-likeness (QED) is 0.0213. The number of hydrogen-bond donors (Lipinski definition) is 12. The lowest BCUT2D eigenvalue weighted by molar-refractivity contribution is -0.148. The molecule has 0 spiro atoms. The molecule has 6 aliphatic rings. The van der Waals surface area contributed by atoms with Gasteiger partial charge in [-0.15, -0.1) is 0 Å². The number of ketones is 4. The summed E-state index contributed by atoms with van der Waals surface area (Å²) in [5, 5.41) is 104. The van der Waals surface area contributed by atoms with Crippen LogP contribution in [0, 0.1) is 27.2 Å². The topological polar surface area (TPSA) is 409 Å². The van der Waals surface area contributed by atoms with Crippen LogP contribution in [0.15, 0.2) is 199 Å². The van der Waals surface area contributed by atoms with Crippen molar-refractivity contribution in [2.45, 2.75) is 49.7 Å². The summed E-state index contributed by atoms with van der Waals surface area (Å²) in [7, 11) is 58.0. The Morgan fingerprint density at radius 1 is 0.500 bits per heavy atom. The first-order chi connectivity index (χ1) is 53.8. The van der Waals surface area contributed by atoms with Gasteiger partial charge in [0.1, 0.15) is 69.8 Å². The Balaban J connectivity index is 0.000000234. The first-order valence-corrected chi connectivity index (χ1v) is 34.9. The Kier molecular flexibility index (Phi) is 33.0. The number of halogens is 1. The molecule has 42 heteroatoms. The number of phenolic OH excluding ortho intramolecular Hbond substituents is 2. The van der Waals surface area contributed by atoms with Gasteiger partial charge < -0.3 is 71.8 Å². The number of aromatic hydroxyl groups is 2. The van der Waals surface area contributed by atoms with Crippen molar-refractivity contribution >= 4 is 223 Å². The molecule has 2 saturated carbocycles. The molecule has 20 radical (unpaired) electrons. The molecule has 14 N–H and O–H groups in total. The van der Waals surface area contributed by atoms with Crippen LogP contribution in [0.25, 0.3) is 22.6 Å². The highest BCUT2D eigenvalue weighted by molar-refractivity contribution is 14.1. The van der Waals surface area contributed by atoms with E-state index in [1.54, 1.807) is 30.3 Å². The summed E-state index contributed by atoms with van der Waals surface area (Å²) >= 11 is 2.06. The number of amides is 2. The number of Topliss-reactive ketones (excluding diaryl/α,β-unsaturated/α-hetero) is 4. The Morgan fingerprint density at radius 3 is 1.20 bits per heavy atom. The maximum atomic E-state index is 13.6. The highest BCUT2D eigenvalue weighted by Gasteiger charge is 2.62. The molecule has 0 heterocycles. The van der Waals surface area contributed by atoms with Crippen LogP contribution in [0.1, 0.15) is 68.7 Å². The zero-order valence-corrected chi connectivity index (χ0v) is 63.1. The Morgan fingerprint density at radius 2 is 0.851 bits per heavy atom. The summed E-state index contributed by atoms with van der Waals surface area (Å²) in [5.74, 6) is -12.3. The number of hydrogen-bond acceptors (Lipinski definition) is 20. The fourth-order valence-corrected chi connectivity index (χ4v) is 14.9. The number of aldehydes is 2. The van der Waals surface area contributed by atoms with Crippen molar-refractivity contribution in [2.24, 2.45) is 35.1 Å². The number of phenols is 2. The van der Waals surface area contributed by atoms with E-state index in [1.165, 1.54) is 44.6 Å². The molecule has 6 atom stereocenters. The fraction of sp³-hybridized carbons (Fsp3) is 0.194. The van der Waals surface area contributed by atoms with Gasteiger partial charge in [0.15, 0.2) is 22.8 Å². The minimum absolute atomic E-state index is 0.0174. The van der Waals surface area contributed by atoms with E-state index in [1.807, 2.05) is 0 Å². The number of fused-ring (bicyclic) bond motifs is 6. The van der Waals surface area contributed by atoms with Crippen LogP contribution < -0.4 is 26.4 Å². The Bertz CT molecular complexity index is 5320. The molecule has 114 heavy (non-hydrogen) atoms. The lowest BCUT2D eigenvalue weighted by atomic mass is 8.41. The van der Waals surface area contributed by atoms with Crippen LogP contribution in [0.5, 0.6) is 23.0 Å². The monoisotopic (exact) mass is 1600 g/mol. The van der Waals surface area contributed by atoms with Gasteiger partial charge in [0, 0.05) is 190 Å². The van der Waals surface area contributed by atoms with Gasteiger partial charge in [-0.1, -0.05) is 17.5 Å². The van der Waals surface area contributed by atoms with Crippen molar-refractivity contribution < 1.29 is 98.7 Å². The van der Waals surface area contributed by atoms with Crippen LogP contribution in [-0.4, -0.2) is 259 Å². The molecule has 22 nitrogen and oxygen atoms in total. The smallest absolute Gasteiger partial charge is 0.492 e. The minimum atomic E-state index is -2.62. The molecule has 0 aliphatic heterocycles. The number of aliphatic hydroxyl groups is 6. The largest absolute Gasteiger partial charge is 0.508 e. The zero-order valence-electron chi connectivity index (χ0n) is 61.0. The van der Waals surface area contributed by atoms with E-state index >= 15 is 0 Å². The number of carbonyl (C=O) groups excluding carboxylic acids is 8. The van der Waals surface area contributed by atoms with Gasteiger partial charge in [-0.25, -0.2) is 0 Å². The summed E-state index contributed by atoms with van der Waals surface area (Å²) < 4.78 is 11.1.